The van der Waals surface area contributed by atoms with Gasteiger partial charge in [0.25, 0.3) is 5.91 Å². The number of aryl methyl sites for hydroxylation is 1. The Hall–Kier alpha value is -3.91. The van der Waals surface area contributed by atoms with Crippen LogP contribution in [0.1, 0.15) is 50.4 Å². The number of thiophene rings is 1. The lowest BCUT2D eigenvalue weighted by molar-refractivity contribution is 0.0601. The minimum absolute atomic E-state index is 0.311. The van der Waals surface area contributed by atoms with Crippen LogP contribution in [0.3, 0.4) is 0 Å². The number of amides is 1. The molecule has 7 nitrogen and oxygen atoms in total. The van der Waals surface area contributed by atoms with Crippen molar-refractivity contribution in [3.05, 3.63) is 70.1 Å². The fraction of sp³-hybridized carbons (Fsp3) is 0.276. The number of benzene rings is 2. The summed E-state index contributed by atoms with van der Waals surface area (Å²) in [5.74, 6) is 0.516. The number of hydrogen-bond donors (Lipinski definition) is 1. The van der Waals surface area contributed by atoms with Gasteiger partial charge in [-0.2, -0.15) is 0 Å². The van der Waals surface area contributed by atoms with Crippen molar-refractivity contribution in [2.24, 2.45) is 0 Å². The van der Waals surface area contributed by atoms with Gasteiger partial charge in [0.15, 0.2) is 0 Å². The number of para-hydroxylation sites is 1. The van der Waals surface area contributed by atoms with Crippen LogP contribution in [0.4, 0.5) is 5.00 Å². The number of esters is 1. The van der Waals surface area contributed by atoms with Gasteiger partial charge < -0.3 is 19.5 Å². The number of anilines is 1. The number of fused-ring (bicyclic) bond motifs is 2. The molecule has 0 radical (unpaired) electrons. The highest BCUT2D eigenvalue weighted by molar-refractivity contribution is 7.17. The van der Waals surface area contributed by atoms with Crippen LogP contribution in [0.15, 0.2) is 48.5 Å². The van der Waals surface area contributed by atoms with E-state index < -0.39 is 5.97 Å². The predicted molar refractivity (Wildman–Crippen MR) is 145 cm³/mol. The Morgan fingerprint density at radius 2 is 1.76 bits per heavy atom. The van der Waals surface area contributed by atoms with E-state index in [1.165, 1.54) is 18.4 Å². The minimum atomic E-state index is -0.419. The maximum Gasteiger partial charge on any atom is 0.341 e. The molecule has 0 unspecified atom stereocenters. The van der Waals surface area contributed by atoms with Crippen LogP contribution in [-0.2, 0) is 17.6 Å². The first-order valence-electron chi connectivity index (χ1n) is 12.2. The van der Waals surface area contributed by atoms with E-state index in [-0.39, 0.29) is 5.91 Å². The molecule has 0 fully saturated rings. The Balaban J connectivity index is 1.60. The molecule has 0 saturated heterocycles. The molecule has 4 aromatic rings. The second-order valence-electron chi connectivity index (χ2n) is 8.85. The Morgan fingerprint density at radius 1 is 0.946 bits per heavy atom. The van der Waals surface area contributed by atoms with Gasteiger partial charge in [0, 0.05) is 21.9 Å². The fourth-order valence-electron chi connectivity index (χ4n) is 4.83. The van der Waals surface area contributed by atoms with Crippen molar-refractivity contribution in [1.29, 1.82) is 0 Å². The van der Waals surface area contributed by atoms with Gasteiger partial charge in [-0.05, 0) is 55.5 Å². The fourth-order valence-corrected chi connectivity index (χ4v) is 6.10. The lowest BCUT2D eigenvalue weighted by atomic mass is 10.0. The molecule has 0 spiro atoms. The first kappa shape index (κ1) is 24.8. The molecular formula is C29H28N2O5S. The van der Waals surface area contributed by atoms with Crippen molar-refractivity contribution in [2.45, 2.75) is 32.1 Å². The summed E-state index contributed by atoms with van der Waals surface area (Å²) in [6.07, 6.45) is 4.93. The number of pyridine rings is 1. The van der Waals surface area contributed by atoms with Crippen LogP contribution in [-0.4, -0.2) is 38.2 Å². The lowest BCUT2D eigenvalue weighted by Crippen LogP contribution is -2.15. The third kappa shape index (κ3) is 4.76. The Morgan fingerprint density at radius 3 is 2.54 bits per heavy atom. The van der Waals surface area contributed by atoms with E-state index in [9.17, 15) is 9.59 Å². The summed E-state index contributed by atoms with van der Waals surface area (Å²) >= 11 is 1.48. The second-order valence-corrected chi connectivity index (χ2v) is 9.96. The number of methoxy groups -OCH3 is 3. The van der Waals surface area contributed by atoms with E-state index in [2.05, 4.69) is 5.32 Å². The zero-order valence-electron chi connectivity index (χ0n) is 21.1. The van der Waals surface area contributed by atoms with E-state index in [4.69, 9.17) is 19.2 Å². The van der Waals surface area contributed by atoms with Gasteiger partial charge in [0.2, 0.25) is 0 Å². The molecule has 2 aromatic carbocycles. The van der Waals surface area contributed by atoms with E-state index in [1.54, 1.807) is 26.4 Å². The number of aromatic nitrogens is 1. The van der Waals surface area contributed by atoms with Crippen molar-refractivity contribution in [1.82, 2.24) is 4.98 Å². The molecule has 1 N–H and O–H groups in total. The topological polar surface area (TPSA) is 86.8 Å². The summed E-state index contributed by atoms with van der Waals surface area (Å²) in [5.41, 5.74) is 3.96. The number of ether oxygens (including phenoxy) is 3. The van der Waals surface area contributed by atoms with E-state index in [0.717, 1.165) is 48.1 Å². The van der Waals surface area contributed by atoms with E-state index >= 15 is 0 Å². The molecule has 1 aliphatic carbocycles. The molecule has 0 bridgehead atoms. The van der Waals surface area contributed by atoms with Crippen molar-refractivity contribution in [3.8, 4) is 22.8 Å². The highest BCUT2D eigenvalue weighted by atomic mass is 32.1. The standard InChI is InChI=1S/C29H28N2O5S/c1-34-17-13-14-19(24(15-17)35-2)23-16-21(18-9-7-8-11-22(18)30-23)27(32)31-28-26(29(33)36-3)20-10-5-4-6-12-25(20)37-28/h7-9,11,13-16H,4-6,10,12H2,1-3H3,(H,31,32). The smallest absolute Gasteiger partial charge is 0.341 e. The maximum atomic E-state index is 13.8. The number of carbonyl (C=O) groups is 2. The molecule has 5 rings (SSSR count). The average molecular weight is 517 g/mol. The number of nitrogens with one attached hydrogen (secondary N) is 1. The van der Waals surface area contributed by atoms with Crippen LogP contribution >= 0.6 is 11.3 Å². The minimum Gasteiger partial charge on any atom is -0.497 e. The summed E-state index contributed by atoms with van der Waals surface area (Å²) in [5, 5.41) is 4.29. The van der Waals surface area contributed by atoms with Crippen LogP contribution in [0.25, 0.3) is 22.2 Å². The quantitative estimate of drug-likeness (QED) is 0.239. The molecule has 190 valence electrons. The van der Waals surface area contributed by atoms with Crippen molar-refractivity contribution >= 4 is 39.1 Å². The van der Waals surface area contributed by atoms with E-state index in [1.807, 2.05) is 36.4 Å². The third-order valence-electron chi connectivity index (χ3n) is 6.68. The van der Waals surface area contributed by atoms with Crippen LogP contribution in [0.2, 0.25) is 0 Å². The summed E-state index contributed by atoms with van der Waals surface area (Å²) in [6, 6.07) is 14.7. The first-order valence-corrected chi connectivity index (χ1v) is 13.0. The molecule has 1 aliphatic rings. The normalized spacial score (nSPS) is 12.9. The van der Waals surface area contributed by atoms with Crippen molar-refractivity contribution in [2.75, 3.05) is 26.6 Å². The second kappa shape index (κ2) is 10.6. The van der Waals surface area contributed by atoms with Gasteiger partial charge in [-0.3, -0.25) is 4.79 Å². The Labute approximate surface area is 219 Å². The molecule has 2 heterocycles. The summed E-state index contributed by atoms with van der Waals surface area (Å²) in [4.78, 5) is 32.5. The van der Waals surface area contributed by atoms with Gasteiger partial charge in [-0.1, -0.05) is 24.6 Å². The monoisotopic (exact) mass is 516 g/mol. The summed E-state index contributed by atoms with van der Waals surface area (Å²) in [6.45, 7) is 0. The Bertz CT molecular complexity index is 1490. The summed E-state index contributed by atoms with van der Waals surface area (Å²) in [7, 11) is 4.56. The summed E-state index contributed by atoms with van der Waals surface area (Å²) < 4.78 is 16.0. The number of carbonyl (C=O) groups excluding carboxylic acids is 2. The number of rotatable bonds is 6. The largest absolute Gasteiger partial charge is 0.497 e. The molecule has 0 aliphatic heterocycles. The van der Waals surface area contributed by atoms with Gasteiger partial charge in [-0.15, -0.1) is 11.3 Å². The molecule has 2 aromatic heterocycles. The van der Waals surface area contributed by atoms with Crippen LogP contribution < -0.4 is 14.8 Å². The highest BCUT2D eigenvalue weighted by Crippen LogP contribution is 2.39. The van der Waals surface area contributed by atoms with Gasteiger partial charge in [0.05, 0.1) is 43.7 Å². The molecule has 0 saturated carbocycles. The van der Waals surface area contributed by atoms with Crippen molar-refractivity contribution < 1.29 is 23.8 Å². The Kier molecular flexibility index (Phi) is 7.10. The molecule has 1 amide bonds. The molecule has 8 heteroatoms. The molecule has 37 heavy (non-hydrogen) atoms. The van der Waals surface area contributed by atoms with E-state index in [0.29, 0.717) is 44.2 Å². The van der Waals surface area contributed by atoms with Gasteiger partial charge in [0.1, 0.15) is 16.5 Å². The van der Waals surface area contributed by atoms with Crippen LogP contribution in [0, 0.1) is 0 Å². The average Bonchev–Trinajstić information content (AvgIpc) is 3.10. The molecular weight excluding hydrogens is 488 g/mol. The predicted octanol–water partition coefficient (Wildman–Crippen LogP) is 6.29. The van der Waals surface area contributed by atoms with Crippen molar-refractivity contribution in [3.63, 3.8) is 0 Å². The molecule has 0 atom stereocenters. The zero-order chi connectivity index (χ0) is 25.9. The SMILES string of the molecule is COC(=O)c1c(NC(=O)c2cc(-c3ccc(OC)cc3OC)nc3ccccc23)sc2c1CCCCC2. The third-order valence-corrected chi connectivity index (χ3v) is 7.89. The lowest BCUT2D eigenvalue weighted by Gasteiger charge is -2.13. The highest BCUT2D eigenvalue weighted by Gasteiger charge is 2.27. The van der Waals surface area contributed by atoms with Gasteiger partial charge >= 0.3 is 5.97 Å². The first-order chi connectivity index (χ1) is 18.0. The zero-order valence-corrected chi connectivity index (χ0v) is 21.9. The maximum absolute atomic E-state index is 13.8. The van der Waals surface area contributed by atoms with Gasteiger partial charge in [-0.25, -0.2) is 9.78 Å². The number of hydrogen-bond acceptors (Lipinski definition) is 7. The van der Waals surface area contributed by atoms with Crippen LogP contribution in [0.5, 0.6) is 11.5 Å². The number of nitrogens with zero attached hydrogens (tertiary/aromatic N) is 1.